The Bertz CT molecular complexity index is 893. The number of nitrogens with zero attached hydrogens (tertiary/aromatic N) is 2. The highest BCUT2D eigenvalue weighted by molar-refractivity contribution is 7.92. The minimum atomic E-state index is -3.76. The van der Waals surface area contributed by atoms with Crippen molar-refractivity contribution in [3.63, 3.8) is 0 Å². The molecule has 0 aromatic heterocycles. The van der Waals surface area contributed by atoms with Gasteiger partial charge in [-0.15, -0.1) is 0 Å². The summed E-state index contributed by atoms with van der Waals surface area (Å²) in [5.74, 6) is 0.683. The van der Waals surface area contributed by atoms with E-state index in [0.29, 0.717) is 31.2 Å². The number of nitrogens with two attached hydrogens (primary N) is 1. The molecule has 0 bridgehead atoms. The Morgan fingerprint density at radius 3 is 2.65 bits per heavy atom. The second kappa shape index (κ2) is 7.53. The van der Waals surface area contributed by atoms with Crippen LogP contribution in [0, 0.1) is 0 Å². The van der Waals surface area contributed by atoms with Gasteiger partial charge in [-0.3, -0.25) is 0 Å². The molecule has 2 rings (SSSR count). The van der Waals surface area contributed by atoms with Gasteiger partial charge < -0.3 is 10.2 Å². The molecule has 0 amide bonds. The number of guanidine groups is 1. The van der Waals surface area contributed by atoms with E-state index in [0.717, 1.165) is 0 Å². The van der Waals surface area contributed by atoms with Crippen LogP contribution in [0.2, 0.25) is 0 Å². The number of hydrogen-bond acceptors (Lipinski definition) is 5. The molecule has 0 aliphatic carbocycles. The minimum absolute atomic E-state index is 0.0420. The minimum Gasteiger partial charge on any atom is -0.357 e. The zero-order valence-corrected chi connectivity index (χ0v) is 16.9. The van der Waals surface area contributed by atoms with E-state index in [1.807, 2.05) is 11.8 Å². The van der Waals surface area contributed by atoms with Crippen molar-refractivity contribution in [1.29, 1.82) is 0 Å². The molecule has 0 radical (unpaired) electrons. The van der Waals surface area contributed by atoms with Crippen LogP contribution >= 0.6 is 0 Å². The van der Waals surface area contributed by atoms with Gasteiger partial charge in [0.2, 0.25) is 10.0 Å². The Morgan fingerprint density at radius 2 is 2.08 bits per heavy atom. The maximum atomic E-state index is 12.2. The van der Waals surface area contributed by atoms with E-state index in [1.165, 1.54) is 12.1 Å². The molecule has 8 nitrogen and oxygen atoms in total. The summed E-state index contributed by atoms with van der Waals surface area (Å²) in [5, 5.41) is 8.33. The van der Waals surface area contributed by atoms with E-state index < -0.39 is 24.6 Å². The van der Waals surface area contributed by atoms with E-state index in [4.69, 9.17) is 5.14 Å². The standard InChI is InChI=1S/C16H26N4O4S2/c1-4-18-15(20-8-9-25(21,22)16(2,3)12-20)19-11-13-6-5-7-14(10-13)26(17,23)24/h5-7,10H,4,8-9,11-12H2,1-3H3,(H,18,19)(H2,17,23,24). The summed E-state index contributed by atoms with van der Waals surface area (Å²) in [7, 11) is -6.90. The third kappa shape index (κ3) is 4.74. The van der Waals surface area contributed by atoms with Crippen LogP contribution in [0.15, 0.2) is 34.2 Å². The van der Waals surface area contributed by atoms with Crippen LogP contribution in [0.5, 0.6) is 0 Å². The molecule has 1 fully saturated rings. The molecule has 1 aromatic rings. The molecule has 26 heavy (non-hydrogen) atoms. The van der Waals surface area contributed by atoms with Crippen molar-refractivity contribution in [3.05, 3.63) is 29.8 Å². The van der Waals surface area contributed by atoms with Crippen LogP contribution in [0.4, 0.5) is 0 Å². The van der Waals surface area contributed by atoms with Gasteiger partial charge in [0.05, 0.1) is 21.9 Å². The summed E-state index contributed by atoms with van der Waals surface area (Å²) in [5.41, 5.74) is 0.704. The molecule has 1 aliphatic rings. The predicted octanol–water partition coefficient (Wildman–Crippen LogP) is 0.309. The summed E-state index contributed by atoms with van der Waals surface area (Å²) < 4.78 is 46.5. The largest absolute Gasteiger partial charge is 0.357 e. The van der Waals surface area contributed by atoms with Crippen LogP contribution < -0.4 is 10.5 Å². The van der Waals surface area contributed by atoms with Crippen LogP contribution in [0.25, 0.3) is 0 Å². The Morgan fingerprint density at radius 1 is 1.38 bits per heavy atom. The van der Waals surface area contributed by atoms with Gasteiger partial charge >= 0.3 is 0 Å². The van der Waals surface area contributed by atoms with Gasteiger partial charge in [-0.1, -0.05) is 12.1 Å². The molecule has 0 saturated carbocycles. The zero-order valence-electron chi connectivity index (χ0n) is 15.3. The monoisotopic (exact) mass is 402 g/mol. The van der Waals surface area contributed by atoms with Crippen molar-refractivity contribution in [3.8, 4) is 0 Å². The van der Waals surface area contributed by atoms with Crippen LogP contribution in [-0.2, 0) is 26.4 Å². The quantitative estimate of drug-likeness (QED) is 0.552. The summed E-state index contributed by atoms with van der Waals surface area (Å²) in [6, 6.07) is 6.32. The molecule has 10 heteroatoms. The highest BCUT2D eigenvalue weighted by atomic mass is 32.2. The summed E-state index contributed by atoms with van der Waals surface area (Å²) in [6.07, 6.45) is 0. The van der Waals surface area contributed by atoms with Crippen molar-refractivity contribution < 1.29 is 16.8 Å². The average Bonchev–Trinajstić information content (AvgIpc) is 2.53. The molecule has 1 heterocycles. The lowest BCUT2D eigenvalue weighted by Crippen LogP contribution is -2.57. The van der Waals surface area contributed by atoms with Gasteiger partial charge in [0.1, 0.15) is 0 Å². The Hall–Kier alpha value is -1.65. The van der Waals surface area contributed by atoms with Gasteiger partial charge in [0.25, 0.3) is 0 Å². The number of primary sulfonamides is 1. The lowest BCUT2D eigenvalue weighted by atomic mass is 10.2. The fourth-order valence-corrected chi connectivity index (χ4v) is 4.69. The van der Waals surface area contributed by atoms with Crippen molar-refractivity contribution in [2.24, 2.45) is 10.1 Å². The Labute approximate surface area is 155 Å². The smallest absolute Gasteiger partial charge is 0.238 e. The fourth-order valence-electron chi connectivity index (χ4n) is 2.74. The summed E-state index contributed by atoms with van der Waals surface area (Å²) >= 11 is 0. The Kier molecular flexibility index (Phi) is 5.99. The number of benzene rings is 1. The van der Waals surface area contributed by atoms with Gasteiger partial charge in [-0.05, 0) is 38.5 Å². The number of rotatable bonds is 4. The summed E-state index contributed by atoms with van der Waals surface area (Å²) in [4.78, 5) is 6.51. The first-order valence-electron chi connectivity index (χ1n) is 8.33. The molecule has 0 atom stereocenters. The second-order valence-corrected chi connectivity index (χ2v) is 11.2. The second-order valence-electron chi connectivity index (χ2n) is 6.86. The molecule has 0 spiro atoms. The molecule has 1 aliphatic heterocycles. The van der Waals surface area contributed by atoms with Gasteiger partial charge in [-0.2, -0.15) is 0 Å². The molecule has 0 unspecified atom stereocenters. The lowest BCUT2D eigenvalue weighted by molar-refractivity contribution is 0.353. The first-order valence-corrected chi connectivity index (χ1v) is 11.5. The maximum absolute atomic E-state index is 12.2. The fraction of sp³-hybridized carbons (Fsp3) is 0.562. The van der Waals surface area contributed by atoms with E-state index in [-0.39, 0.29) is 17.2 Å². The predicted molar refractivity (Wildman–Crippen MR) is 102 cm³/mol. The van der Waals surface area contributed by atoms with E-state index in [1.54, 1.807) is 26.0 Å². The van der Waals surface area contributed by atoms with Gasteiger partial charge in [0.15, 0.2) is 15.8 Å². The van der Waals surface area contributed by atoms with Crippen molar-refractivity contribution >= 4 is 25.8 Å². The number of sulfonamides is 1. The molecule has 3 N–H and O–H groups in total. The normalized spacial score (nSPS) is 20.0. The van der Waals surface area contributed by atoms with Crippen molar-refractivity contribution in [1.82, 2.24) is 10.2 Å². The molecule has 146 valence electrons. The SMILES string of the molecule is CCNC(=NCc1cccc(S(N)(=O)=O)c1)N1CCS(=O)(=O)C(C)(C)C1. The molecular weight excluding hydrogens is 376 g/mol. The van der Waals surface area contributed by atoms with Crippen LogP contribution in [-0.4, -0.2) is 57.8 Å². The first-order chi connectivity index (χ1) is 12.0. The van der Waals surface area contributed by atoms with Crippen molar-refractivity contribution in [2.45, 2.75) is 37.0 Å². The number of nitrogens with one attached hydrogen (secondary N) is 1. The molecular formula is C16H26N4O4S2. The third-order valence-corrected chi connectivity index (χ3v) is 7.76. The van der Waals surface area contributed by atoms with E-state index >= 15 is 0 Å². The highest BCUT2D eigenvalue weighted by Crippen LogP contribution is 2.23. The lowest BCUT2D eigenvalue weighted by Gasteiger charge is -2.39. The van der Waals surface area contributed by atoms with Crippen LogP contribution in [0.3, 0.4) is 0 Å². The van der Waals surface area contributed by atoms with E-state index in [9.17, 15) is 16.8 Å². The Balaban J connectivity index is 2.23. The average molecular weight is 403 g/mol. The van der Waals surface area contributed by atoms with Crippen molar-refractivity contribution in [2.75, 3.05) is 25.4 Å². The third-order valence-electron chi connectivity index (χ3n) is 4.32. The highest BCUT2D eigenvalue weighted by Gasteiger charge is 2.40. The number of aliphatic imine (C=N–C) groups is 1. The molecule has 1 saturated heterocycles. The van der Waals surface area contributed by atoms with Gasteiger partial charge in [-0.25, -0.2) is 27.0 Å². The maximum Gasteiger partial charge on any atom is 0.238 e. The molecule has 1 aromatic carbocycles. The first kappa shape index (κ1) is 20.7. The summed E-state index contributed by atoms with van der Waals surface area (Å²) in [6.45, 7) is 6.98. The topological polar surface area (TPSA) is 122 Å². The number of hydrogen-bond donors (Lipinski definition) is 2. The number of sulfone groups is 1. The van der Waals surface area contributed by atoms with E-state index in [2.05, 4.69) is 10.3 Å². The van der Waals surface area contributed by atoms with Gasteiger partial charge in [0, 0.05) is 19.6 Å². The van der Waals surface area contributed by atoms with Crippen LogP contribution in [0.1, 0.15) is 26.3 Å². The zero-order chi connectivity index (χ0) is 19.6.